The smallest absolute Gasteiger partial charge is 0.0896 e. The highest BCUT2D eigenvalue weighted by Gasteiger charge is 2.35. The third-order valence-corrected chi connectivity index (χ3v) is 2.74. The van der Waals surface area contributed by atoms with Crippen molar-refractivity contribution in [1.29, 1.82) is 0 Å². The Balaban J connectivity index is 2.33. The second-order valence-electron chi connectivity index (χ2n) is 3.75. The monoisotopic (exact) mass is 162 g/mol. The van der Waals surface area contributed by atoms with Crippen molar-refractivity contribution >= 4 is 0 Å². The number of aryl methyl sites for hydroxylation is 1. The van der Waals surface area contributed by atoms with Crippen LogP contribution in [0, 0.1) is 6.92 Å². The topological polar surface area (TPSA) is 20.2 Å². The number of hydrogen-bond donors (Lipinski definition) is 1. The van der Waals surface area contributed by atoms with E-state index in [4.69, 9.17) is 0 Å². The van der Waals surface area contributed by atoms with Crippen LogP contribution in [0.25, 0.3) is 0 Å². The third kappa shape index (κ3) is 1.14. The van der Waals surface area contributed by atoms with Crippen LogP contribution >= 0.6 is 0 Å². The fraction of sp³-hybridized carbons (Fsp3) is 0.455. The van der Waals surface area contributed by atoms with Crippen molar-refractivity contribution in [3.05, 3.63) is 35.4 Å². The molecule has 0 amide bonds. The molecule has 0 unspecified atom stereocenters. The summed E-state index contributed by atoms with van der Waals surface area (Å²) in [6.07, 6.45) is 3.01. The van der Waals surface area contributed by atoms with E-state index < -0.39 is 5.60 Å². The van der Waals surface area contributed by atoms with Gasteiger partial charge in [0.2, 0.25) is 0 Å². The van der Waals surface area contributed by atoms with E-state index in [1.807, 2.05) is 12.1 Å². The maximum atomic E-state index is 10.0. The van der Waals surface area contributed by atoms with Gasteiger partial charge in [0.05, 0.1) is 5.60 Å². The Hall–Kier alpha value is -0.820. The van der Waals surface area contributed by atoms with E-state index in [1.165, 1.54) is 5.56 Å². The van der Waals surface area contributed by atoms with Crippen LogP contribution in [0.2, 0.25) is 0 Å². The molecule has 64 valence electrons. The molecule has 12 heavy (non-hydrogen) atoms. The van der Waals surface area contributed by atoms with E-state index in [9.17, 15) is 5.11 Å². The van der Waals surface area contributed by atoms with E-state index in [1.54, 1.807) is 0 Å². The zero-order valence-electron chi connectivity index (χ0n) is 7.38. The Bertz CT molecular complexity index is 287. The van der Waals surface area contributed by atoms with Crippen molar-refractivity contribution in [3.8, 4) is 0 Å². The van der Waals surface area contributed by atoms with E-state index in [2.05, 4.69) is 19.1 Å². The molecule has 1 aliphatic rings. The van der Waals surface area contributed by atoms with Gasteiger partial charge in [0.1, 0.15) is 0 Å². The molecule has 1 aliphatic carbocycles. The van der Waals surface area contributed by atoms with Gasteiger partial charge in [-0.15, -0.1) is 0 Å². The van der Waals surface area contributed by atoms with Crippen LogP contribution in [0.4, 0.5) is 0 Å². The first-order valence-corrected chi connectivity index (χ1v) is 4.50. The normalized spacial score (nSPS) is 20.2. The largest absolute Gasteiger partial charge is 0.385 e. The Labute approximate surface area is 73.0 Å². The SMILES string of the molecule is Cc1cccc(C2(O)CCC2)c1. The summed E-state index contributed by atoms with van der Waals surface area (Å²) in [7, 11) is 0. The van der Waals surface area contributed by atoms with Crippen molar-refractivity contribution in [2.24, 2.45) is 0 Å². The molecule has 0 aromatic heterocycles. The van der Waals surface area contributed by atoms with Crippen molar-refractivity contribution in [2.75, 3.05) is 0 Å². The van der Waals surface area contributed by atoms with Gasteiger partial charge in [-0.2, -0.15) is 0 Å². The Morgan fingerprint density at radius 1 is 1.33 bits per heavy atom. The molecule has 1 saturated carbocycles. The zero-order valence-corrected chi connectivity index (χ0v) is 7.38. The zero-order chi connectivity index (χ0) is 8.60. The quantitative estimate of drug-likeness (QED) is 0.672. The summed E-state index contributed by atoms with van der Waals surface area (Å²) >= 11 is 0. The molecule has 1 N–H and O–H groups in total. The molecule has 0 atom stereocenters. The minimum Gasteiger partial charge on any atom is -0.385 e. The first-order valence-electron chi connectivity index (χ1n) is 4.50. The fourth-order valence-corrected chi connectivity index (χ4v) is 1.73. The van der Waals surface area contributed by atoms with Gasteiger partial charge in [0.25, 0.3) is 0 Å². The average molecular weight is 162 g/mol. The van der Waals surface area contributed by atoms with Gasteiger partial charge in [0, 0.05) is 0 Å². The van der Waals surface area contributed by atoms with Gasteiger partial charge in [-0.25, -0.2) is 0 Å². The summed E-state index contributed by atoms with van der Waals surface area (Å²) in [5.74, 6) is 0. The van der Waals surface area contributed by atoms with Crippen molar-refractivity contribution in [3.63, 3.8) is 0 Å². The van der Waals surface area contributed by atoms with E-state index in [-0.39, 0.29) is 0 Å². The second-order valence-corrected chi connectivity index (χ2v) is 3.75. The molecular weight excluding hydrogens is 148 g/mol. The van der Waals surface area contributed by atoms with Gasteiger partial charge in [-0.1, -0.05) is 29.8 Å². The van der Waals surface area contributed by atoms with E-state index in [0.29, 0.717) is 0 Å². The van der Waals surface area contributed by atoms with Gasteiger partial charge >= 0.3 is 0 Å². The summed E-state index contributed by atoms with van der Waals surface area (Å²) in [5, 5.41) is 10.0. The van der Waals surface area contributed by atoms with Crippen LogP contribution in [-0.4, -0.2) is 5.11 Å². The van der Waals surface area contributed by atoms with Crippen molar-refractivity contribution in [1.82, 2.24) is 0 Å². The van der Waals surface area contributed by atoms with Crippen LogP contribution in [0.15, 0.2) is 24.3 Å². The van der Waals surface area contributed by atoms with Gasteiger partial charge < -0.3 is 5.11 Å². The predicted molar refractivity (Wildman–Crippen MR) is 48.9 cm³/mol. The third-order valence-electron chi connectivity index (χ3n) is 2.74. The molecule has 1 nitrogen and oxygen atoms in total. The number of aliphatic hydroxyl groups is 1. The molecule has 2 rings (SSSR count). The molecule has 0 saturated heterocycles. The summed E-state index contributed by atoms with van der Waals surface area (Å²) in [6, 6.07) is 8.18. The molecule has 0 aliphatic heterocycles. The molecule has 0 radical (unpaired) electrons. The molecule has 1 aromatic rings. The van der Waals surface area contributed by atoms with Crippen molar-refractivity contribution in [2.45, 2.75) is 31.8 Å². The average Bonchev–Trinajstić information content (AvgIpc) is 2.00. The number of hydrogen-bond acceptors (Lipinski definition) is 1. The lowest BCUT2D eigenvalue weighted by molar-refractivity contribution is -0.0388. The highest BCUT2D eigenvalue weighted by molar-refractivity contribution is 5.28. The van der Waals surface area contributed by atoms with E-state index in [0.717, 1.165) is 24.8 Å². The second kappa shape index (κ2) is 2.60. The fourth-order valence-electron chi connectivity index (χ4n) is 1.73. The first kappa shape index (κ1) is 7.81. The Morgan fingerprint density at radius 2 is 2.08 bits per heavy atom. The summed E-state index contributed by atoms with van der Waals surface area (Å²) in [6.45, 7) is 2.06. The Kier molecular flexibility index (Phi) is 1.69. The Morgan fingerprint density at radius 3 is 2.58 bits per heavy atom. The standard InChI is InChI=1S/C11H14O/c1-9-4-2-5-10(8-9)11(12)6-3-7-11/h2,4-5,8,12H,3,6-7H2,1H3. The summed E-state index contributed by atoms with van der Waals surface area (Å²) in [4.78, 5) is 0. The maximum absolute atomic E-state index is 10.0. The minimum absolute atomic E-state index is 0.494. The van der Waals surface area contributed by atoms with Crippen LogP contribution < -0.4 is 0 Å². The number of rotatable bonds is 1. The van der Waals surface area contributed by atoms with Crippen LogP contribution in [0.1, 0.15) is 30.4 Å². The van der Waals surface area contributed by atoms with Gasteiger partial charge in [-0.05, 0) is 31.7 Å². The lowest BCUT2D eigenvalue weighted by atomic mass is 9.75. The lowest BCUT2D eigenvalue weighted by Gasteiger charge is -2.37. The lowest BCUT2D eigenvalue weighted by Crippen LogP contribution is -2.33. The highest BCUT2D eigenvalue weighted by Crippen LogP contribution is 2.40. The molecule has 1 heteroatoms. The van der Waals surface area contributed by atoms with Crippen LogP contribution in [0.3, 0.4) is 0 Å². The highest BCUT2D eigenvalue weighted by atomic mass is 16.3. The molecule has 0 bridgehead atoms. The molecule has 0 heterocycles. The molecule has 0 spiro atoms. The summed E-state index contributed by atoms with van der Waals surface area (Å²) < 4.78 is 0. The number of benzene rings is 1. The van der Waals surface area contributed by atoms with Gasteiger partial charge in [0.15, 0.2) is 0 Å². The van der Waals surface area contributed by atoms with Crippen LogP contribution in [0.5, 0.6) is 0 Å². The van der Waals surface area contributed by atoms with Crippen LogP contribution in [-0.2, 0) is 5.60 Å². The maximum Gasteiger partial charge on any atom is 0.0896 e. The molecule has 1 aromatic carbocycles. The van der Waals surface area contributed by atoms with Crippen molar-refractivity contribution < 1.29 is 5.11 Å². The van der Waals surface area contributed by atoms with E-state index >= 15 is 0 Å². The summed E-state index contributed by atoms with van der Waals surface area (Å²) in [5.41, 5.74) is 1.83. The minimum atomic E-state index is -0.494. The molecule has 1 fully saturated rings. The predicted octanol–water partition coefficient (Wildman–Crippen LogP) is 2.37. The first-order chi connectivity index (χ1) is 5.71. The van der Waals surface area contributed by atoms with Gasteiger partial charge in [-0.3, -0.25) is 0 Å². The molecular formula is C11H14O.